The topological polar surface area (TPSA) is 85.6 Å². The molecule has 160 valence electrons. The average Bonchev–Trinajstić information content (AvgIpc) is 3.16. The largest absolute Gasteiger partial charge is 0.486 e. The predicted molar refractivity (Wildman–Crippen MR) is 114 cm³/mol. The second-order valence-electron chi connectivity index (χ2n) is 7.68. The molecule has 0 N–H and O–H groups in total. The van der Waals surface area contributed by atoms with Crippen LogP contribution in [0.2, 0.25) is 0 Å². The van der Waals surface area contributed by atoms with E-state index >= 15 is 0 Å². The quantitative estimate of drug-likeness (QED) is 0.641. The minimum absolute atomic E-state index is 0.0342. The van der Waals surface area contributed by atoms with Crippen LogP contribution >= 0.6 is 0 Å². The molecule has 9 heteroatoms. The van der Waals surface area contributed by atoms with Gasteiger partial charge in [0.05, 0.1) is 11.3 Å². The van der Waals surface area contributed by atoms with Crippen molar-refractivity contribution >= 4 is 11.7 Å². The molecule has 1 aromatic carbocycles. The monoisotopic (exact) mass is 420 g/mol. The van der Waals surface area contributed by atoms with Crippen LogP contribution in [-0.2, 0) is 0 Å². The van der Waals surface area contributed by atoms with Crippen molar-refractivity contribution in [1.82, 2.24) is 24.6 Å². The number of aryl methyl sites for hydroxylation is 2. The van der Waals surface area contributed by atoms with Crippen molar-refractivity contribution in [3.05, 3.63) is 53.6 Å². The number of benzene rings is 1. The van der Waals surface area contributed by atoms with Crippen molar-refractivity contribution in [2.45, 2.75) is 13.8 Å². The Balaban J connectivity index is 1.30. The number of para-hydroxylation sites is 1. The third-order valence-electron chi connectivity index (χ3n) is 5.55. The first-order valence-corrected chi connectivity index (χ1v) is 10.4. The Morgan fingerprint density at radius 2 is 1.74 bits per heavy atom. The summed E-state index contributed by atoms with van der Waals surface area (Å²) in [6.45, 7) is 7.49. The maximum Gasteiger partial charge on any atom is 0.257 e. The summed E-state index contributed by atoms with van der Waals surface area (Å²) in [6, 6.07) is 9.42. The Kier molecular flexibility index (Phi) is 4.93. The molecule has 0 atom stereocenters. The molecule has 1 fully saturated rings. The van der Waals surface area contributed by atoms with E-state index in [0.29, 0.717) is 56.5 Å². The molecule has 4 heterocycles. The highest BCUT2D eigenvalue weighted by Gasteiger charge is 2.27. The first-order valence-electron chi connectivity index (χ1n) is 10.4. The van der Waals surface area contributed by atoms with Gasteiger partial charge in [0.15, 0.2) is 17.3 Å². The molecule has 0 aliphatic carbocycles. The number of hydrogen-bond acceptors (Lipinski definition) is 7. The highest BCUT2D eigenvalue weighted by molar-refractivity contribution is 5.98. The fraction of sp³-hybridized carbons (Fsp3) is 0.364. The lowest BCUT2D eigenvalue weighted by atomic mass is 10.1. The van der Waals surface area contributed by atoms with Crippen LogP contribution in [0.4, 0.5) is 5.82 Å². The first-order chi connectivity index (χ1) is 15.1. The lowest BCUT2D eigenvalue weighted by Crippen LogP contribution is -2.49. The lowest BCUT2D eigenvalue weighted by molar-refractivity contribution is 0.0736. The summed E-state index contributed by atoms with van der Waals surface area (Å²) in [5.74, 6) is 2.72. The van der Waals surface area contributed by atoms with Crippen LogP contribution in [0.25, 0.3) is 5.82 Å². The van der Waals surface area contributed by atoms with E-state index < -0.39 is 0 Å². The molecule has 31 heavy (non-hydrogen) atoms. The summed E-state index contributed by atoms with van der Waals surface area (Å²) >= 11 is 0. The third-order valence-corrected chi connectivity index (χ3v) is 5.55. The number of carbonyl (C=O) groups is 1. The van der Waals surface area contributed by atoms with Crippen LogP contribution in [0.5, 0.6) is 11.5 Å². The fourth-order valence-electron chi connectivity index (χ4n) is 4.04. The van der Waals surface area contributed by atoms with Gasteiger partial charge in [0.2, 0.25) is 0 Å². The van der Waals surface area contributed by atoms with E-state index in [4.69, 9.17) is 9.47 Å². The maximum absolute atomic E-state index is 13.1. The zero-order chi connectivity index (χ0) is 21.4. The van der Waals surface area contributed by atoms with E-state index in [1.165, 1.54) is 0 Å². The Morgan fingerprint density at radius 3 is 2.52 bits per heavy atom. The number of aromatic nitrogens is 4. The maximum atomic E-state index is 13.1. The van der Waals surface area contributed by atoms with E-state index in [1.807, 2.05) is 47.7 Å². The van der Waals surface area contributed by atoms with Crippen molar-refractivity contribution in [2.75, 3.05) is 44.3 Å². The van der Waals surface area contributed by atoms with E-state index in [0.717, 1.165) is 23.0 Å². The van der Waals surface area contributed by atoms with E-state index in [2.05, 4.69) is 20.0 Å². The van der Waals surface area contributed by atoms with Crippen LogP contribution < -0.4 is 14.4 Å². The van der Waals surface area contributed by atoms with Crippen LogP contribution in [0.1, 0.15) is 21.7 Å². The van der Waals surface area contributed by atoms with Crippen LogP contribution in [0, 0.1) is 13.8 Å². The van der Waals surface area contributed by atoms with E-state index in [-0.39, 0.29) is 5.91 Å². The van der Waals surface area contributed by atoms with E-state index in [9.17, 15) is 4.79 Å². The van der Waals surface area contributed by atoms with Crippen molar-refractivity contribution in [3.63, 3.8) is 0 Å². The number of rotatable bonds is 3. The Morgan fingerprint density at radius 1 is 0.968 bits per heavy atom. The molecule has 0 spiro atoms. The van der Waals surface area contributed by atoms with Crippen LogP contribution in [-0.4, -0.2) is 69.9 Å². The van der Waals surface area contributed by atoms with Gasteiger partial charge in [-0.3, -0.25) is 4.79 Å². The number of nitrogens with zero attached hydrogens (tertiary/aromatic N) is 6. The highest BCUT2D eigenvalue weighted by atomic mass is 16.6. The predicted octanol–water partition coefficient (Wildman–Crippen LogP) is 2.01. The molecule has 1 amide bonds. The summed E-state index contributed by atoms with van der Waals surface area (Å²) in [7, 11) is 0. The van der Waals surface area contributed by atoms with Gasteiger partial charge < -0.3 is 19.3 Å². The molecule has 0 radical (unpaired) electrons. The van der Waals surface area contributed by atoms with Crippen molar-refractivity contribution < 1.29 is 14.3 Å². The van der Waals surface area contributed by atoms with Gasteiger partial charge in [0.1, 0.15) is 25.4 Å². The number of hydrogen-bond donors (Lipinski definition) is 0. The van der Waals surface area contributed by atoms with Gasteiger partial charge >= 0.3 is 0 Å². The van der Waals surface area contributed by atoms with E-state index in [1.54, 1.807) is 12.4 Å². The second-order valence-corrected chi connectivity index (χ2v) is 7.68. The zero-order valence-electron chi connectivity index (χ0n) is 17.6. The van der Waals surface area contributed by atoms with Gasteiger partial charge in [-0.15, -0.1) is 0 Å². The second kappa shape index (κ2) is 7.90. The fourth-order valence-corrected chi connectivity index (χ4v) is 4.04. The van der Waals surface area contributed by atoms with Gasteiger partial charge in [-0.1, -0.05) is 6.07 Å². The molecule has 0 bridgehead atoms. The average molecular weight is 420 g/mol. The minimum Gasteiger partial charge on any atom is -0.486 e. The molecule has 1 saturated heterocycles. The number of carbonyl (C=O) groups excluding carboxylic acids is 1. The number of ether oxygens (including phenoxy) is 2. The van der Waals surface area contributed by atoms with Crippen molar-refractivity contribution in [2.24, 2.45) is 0 Å². The summed E-state index contributed by atoms with van der Waals surface area (Å²) in [5, 5.41) is 4.50. The SMILES string of the molecule is Cc1cc(C)n(-c2cc(N3CCN(C(=O)c4cccc5c4OCCO5)CC3)ncn2)n1. The Bertz CT molecular complexity index is 1120. The minimum atomic E-state index is -0.0342. The number of anilines is 1. The lowest BCUT2D eigenvalue weighted by Gasteiger charge is -2.35. The van der Waals surface area contributed by atoms with Gasteiger partial charge in [0, 0.05) is 37.9 Å². The standard InChI is InChI=1S/C22H24N6O3/c1-15-12-16(2)28(25-15)20-13-19(23-14-24-20)26-6-8-27(9-7-26)22(29)17-4-3-5-18-21(17)31-11-10-30-18/h3-5,12-14H,6-11H2,1-2H3. The molecule has 0 saturated carbocycles. The Labute approximate surface area is 180 Å². The zero-order valence-corrected chi connectivity index (χ0v) is 17.6. The number of amides is 1. The summed E-state index contributed by atoms with van der Waals surface area (Å²) in [6.07, 6.45) is 1.56. The normalized spacial score (nSPS) is 15.8. The first kappa shape index (κ1) is 19.3. The molecule has 2 aliphatic rings. The Hall–Kier alpha value is -3.62. The molecule has 2 aliphatic heterocycles. The van der Waals surface area contributed by atoms with Crippen LogP contribution in [0.15, 0.2) is 36.7 Å². The van der Waals surface area contributed by atoms with Gasteiger partial charge in [0.25, 0.3) is 5.91 Å². The molecular weight excluding hydrogens is 396 g/mol. The van der Waals surface area contributed by atoms with Crippen molar-refractivity contribution in [3.8, 4) is 17.3 Å². The molecular formula is C22H24N6O3. The molecule has 5 rings (SSSR count). The summed E-state index contributed by atoms with van der Waals surface area (Å²) in [4.78, 5) is 26.0. The smallest absolute Gasteiger partial charge is 0.257 e. The van der Waals surface area contributed by atoms with Gasteiger partial charge in [-0.05, 0) is 32.0 Å². The molecule has 2 aromatic heterocycles. The van der Waals surface area contributed by atoms with Crippen LogP contribution in [0.3, 0.4) is 0 Å². The van der Waals surface area contributed by atoms with Gasteiger partial charge in [-0.2, -0.15) is 5.10 Å². The van der Waals surface area contributed by atoms with Gasteiger partial charge in [-0.25, -0.2) is 14.6 Å². The summed E-state index contributed by atoms with van der Waals surface area (Å²) < 4.78 is 13.1. The molecule has 3 aromatic rings. The number of fused-ring (bicyclic) bond motifs is 1. The molecule has 9 nitrogen and oxygen atoms in total. The highest BCUT2D eigenvalue weighted by Crippen LogP contribution is 2.34. The third kappa shape index (κ3) is 3.67. The summed E-state index contributed by atoms with van der Waals surface area (Å²) in [5.41, 5.74) is 2.52. The molecule has 0 unspecified atom stereocenters. The van der Waals surface area contributed by atoms with Crippen molar-refractivity contribution in [1.29, 1.82) is 0 Å². The number of piperazine rings is 1.